The average molecular weight is 486 g/mol. The molecule has 0 aromatic heterocycles. The SMILES string of the molecule is C/C(=C\c1ccc2c(c1)N(S(=O)(=O)c1cccc(C)c1)[C@H](C)[C@H](O)C2)c1c(F)cccc1Cl. The maximum absolute atomic E-state index is 14.4. The minimum Gasteiger partial charge on any atom is -0.391 e. The molecule has 1 N–H and O–H groups in total. The number of halogens is 2. The van der Waals surface area contributed by atoms with Crippen molar-refractivity contribution < 1.29 is 17.9 Å². The van der Waals surface area contributed by atoms with E-state index in [-0.39, 0.29) is 4.90 Å². The summed E-state index contributed by atoms with van der Waals surface area (Å²) in [5.41, 5.74) is 3.71. The largest absolute Gasteiger partial charge is 0.391 e. The number of allylic oxidation sites excluding steroid dienone is 1. The van der Waals surface area contributed by atoms with Gasteiger partial charge in [-0.05, 0) is 73.4 Å². The molecule has 0 amide bonds. The Labute approximate surface area is 199 Å². The molecule has 0 aliphatic carbocycles. The van der Waals surface area contributed by atoms with Crippen molar-refractivity contribution in [1.82, 2.24) is 0 Å². The van der Waals surface area contributed by atoms with E-state index in [1.54, 1.807) is 56.3 Å². The highest BCUT2D eigenvalue weighted by molar-refractivity contribution is 7.92. The lowest BCUT2D eigenvalue weighted by Crippen LogP contribution is -2.49. The maximum atomic E-state index is 14.4. The molecule has 0 unspecified atom stereocenters. The highest BCUT2D eigenvalue weighted by atomic mass is 35.5. The van der Waals surface area contributed by atoms with E-state index in [0.29, 0.717) is 33.8 Å². The second kappa shape index (κ2) is 8.93. The first-order valence-electron chi connectivity index (χ1n) is 10.6. The number of rotatable bonds is 4. The minimum absolute atomic E-state index is 0.171. The molecule has 2 atom stereocenters. The summed E-state index contributed by atoms with van der Waals surface area (Å²) in [7, 11) is -3.92. The number of aryl methyl sites for hydroxylation is 1. The van der Waals surface area contributed by atoms with E-state index in [1.807, 2.05) is 25.1 Å². The number of sulfonamides is 1. The van der Waals surface area contributed by atoms with Gasteiger partial charge in [0.1, 0.15) is 5.82 Å². The second-order valence-corrected chi connectivity index (χ2v) is 10.7. The number of fused-ring (bicyclic) bond motifs is 1. The van der Waals surface area contributed by atoms with Gasteiger partial charge < -0.3 is 5.11 Å². The van der Waals surface area contributed by atoms with Crippen LogP contribution in [-0.4, -0.2) is 25.7 Å². The highest BCUT2D eigenvalue weighted by Crippen LogP contribution is 2.37. The van der Waals surface area contributed by atoms with Crippen LogP contribution in [0.3, 0.4) is 0 Å². The molecule has 172 valence electrons. The molecule has 33 heavy (non-hydrogen) atoms. The summed E-state index contributed by atoms with van der Waals surface area (Å²) in [6, 6.07) is 16.0. The smallest absolute Gasteiger partial charge is 0.264 e. The number of aliphatic hydroxyl groups is 1. The third-order valence-corrected chi connectivity index (χ3v) is 8.20. The molecule has 4 rings (SSSR count). The van der Waals surface area contributed by atoms with Crippen LogP contribution in [0.15, 0.2) is 65.6 Å². The first-order valence-corrected chi connectivity index (χ1v) is 12.5. The van der Waals surface area contributed by atoms with Gasteiger partial charge in [0.15, 0.2) is 0 Å². The summed E-state index contributed by atoms with van der Waals surface area (Å²) in [6.07, 6.45) is 1.29. The lowest BCUT2D eigenvalue weighted by molar-refractivity contribution is 0.147. The van der Waals surface area contributed by atoms with Crippen molar-refractivity contribution in [2.24, 2.45) is 0 Å². The van der Waals surface area contributed by atoms with Gasteiger partial charge in [-0.15, -0.1) is 0 Å². The van der Waals surface area contributed by atoms with Crippen molar-refractivity contribution in [3.8, 4) is 0 Å². The van der Waals surface area contributed by atoms with Crippen LogP contribution in [0.5, 0.6) is 0 Å². The van der Waals surface area contributed by atoms with Gasteiger partial charge in [-0.1, -0.05) is 48.0 Å². The van der Waals surface area contributed by atoms with Crippen LogP contribution in [0.1, 0.15) is 36.1 Å². The summed E-state index contributed by atoms with van der Waals surface area (Å²) < 4.78 is 42.9. The van der Waals surface area contributed by atoms with Crippen LogP contribution in [-0.2, 0) is 16.4 Å². The lowest BCUT2D eigenvalue weighted by Gasteiger charge is -2.39. The topological polar surface area (TPSA) is 57.6 Å². The van der Waals surface area contributed by atoms with Crippen molar-refractivity contribution in [2.45, 2.75) is 44.2 Å². The molecule has 3 aromatic carbocycles. The molecular weight excluding hydrogens is 461 g/mol. The summed E-state index contributed by atoms with van der Waals surface area (Å²) in [6.45, 7) is 5.30. The van der Waals surface area contributed by atoms with Gasteiger partial charge in [0.05, 0.1) is 27.8 Å². The van der Waals surface area contributed by atoms with E-state index in [2.05, 4.69) is 0 Å². The Bertz CT molecular complexity index is 1330. The zero-order chi connectivity index (χ0) is 23.9. The van der Waals surface area contributed by atoms with Crippen molar-refractivity contribution in [3.05, 3.63) is 93.8 Å². The van der Waals surface area contributed by atoms with Gasteiger partial charge in [-0.25, -0.2) is 12.8 Å². The Balaban J connectivity index is 1.83. The Kier molecular flexibility index (Phi) is 6.36. The van der Waals surface area contributed by atoms with Crippen LogP contribution in [0.2, 0.25) is 5.02 Å². The standard InChI is InChI=1S/C26H25ClFNO3S/c1-16-6-4-7-21(12-16)33(31,32)29-18(3)25(30)15-20-11-10-19(14-24(20)29)13-17(2)26-22(27)8-5-9-23(26)28/h4-14,18,25,30H,15H2,1-3H3/b17-13+/t18-,25-/m1/s1. The highest BCUT2D eigenvalue weighted by Gasteiger charge is 2.38. The molecule has 1 aliphatic rings. The Morgan fingerprint density at radius 1 is 1.15 bits per heavy atom. The maximum Gasteiger partial charge on any atom is 0.264 e. The molecular formula is C26H25ClFNO3S. The number of hydrogen-bond acceptors (Lipinski definition) is 3. The van der Waals surface area contributed by atoms with Crippen molar-refractivity contribution >= 4 is 39.0 Å². The van der Waals surface area contributed by atoms with Gasteiger partial charge in [0, 0.05) is 12.0 Å². The predicted molar refractivity (Wildman–Crippen MR) is 131 cm³/mol. The normalized spacial score (nSPS) is 18.8. The fourth-order valence-corrected chi connectivity index (χ4v) is 6.39. The Morgan fingerprint density at radius 2 is 1.88 bits per heavy atom. The molecule has 0 saturated heterocycles. The average Bonchev–Trinajstić information content (AvgIpc) is 2.74. The zero-order valence-corrected chi connectivity index (χ0v) is 20.2. The fraction of sp³-hybridized carbons (Fsp3) is 0.231. The number of benzene rings is 3. The summed E-state index contributed by atoms with van der Waals surface area (Å²) in [5, 5.41) is 10.9. The van der Waals surface area contributed by atoms with Crippen molar-refractivity contribution in [3.63, 3.8) is 0 Å². The van der Waals surface area contributed by atoms with Crippen LogP contribution in [0.4, 0.5) is 10.1 Å². The lowest BCUT2D eigenvalue weighted by atomic mass is 9.94. The third-order valence-electron chi connectivity index (χ3n) is 5.99. The summed E-state index contributed by atoms with van der Waals surface area (Å²) in [4.78, 5) is 0.171. The Hall–Kier alpha value is -2.67. The quantitative estimate of drug-likeness (QED) is 0.472. The van der Waals surface area contributed by atoms with Gasteiger partial charge in [-0.2, -0.15) is 0 Å². The molecule has 1 heterocycles. The van der Waals surface area contributed by atoms with Crippen LogP contribution in [0, 0.1) is 12.7 Å². The zero-order valence-electron chi connectivity index (χ0n) is 18.6. The summed E-state index contributed by atoms with van der Waals surface area (Å²) >= 11 is 6.21. The molecule has 0 radical (unpaired) electrons. The number of hydrogen-bond donors (Lipinski definition) is 1. The fourth-order valence-electron chi connectivity index (χ4n) is 4.25. The first-order chi connectivity index (χ1) is 15.6. The second-order valence-electron chi connectivity index (χ2n) is 8.44. The van der Waals surface area contributed by atoms with E-state index in [4.69, 9.17) is 11.6 Å². The van der Waals surface area contributed by atoms with Crippen molar-refractivity contribution in [1.29, 1.82) is 0 Å². The van der Waals surface area contributed by atoms with Gasteiger partial charge in [0.2, 0.25) is 0 Å². The summed E-state index contributed by atoms with van der Waals surface area (Å²) in [5.74, 6) is -0.422. The first kappa shape index (κ1) is 23.5. The van der Waals surface area contributed by atoms with Gasteiger partial charge in [-0.3, -0.25) is 4.31 Å². The van der Waals surface area contributed by atoms with Crippen molar-refractivity contribution in [2.75, 3.05) is 4.31 Å². The van der Waals surface area contributed by atoms with E-state index in [9.17, 15) is 17.9 Å². The molecule has 7 heteroatoms. The minimum atomic E-state index is -3.92. The van der Waals surface area contributed by atoms with Gasteiger partial charge >= 0.3 is 0 Å². The molecule has 1 aliphatic heterocycles. The third kappa shape index (κ3) is 4.43. The van der Waals surface area contributed by atoms with Gasteiger partial charge in [0.25, 0.3) is 10.0 Å². The molecule has 0 fully saturated rings. The van der Waals surface area contributed by atoms with E-state index in [1.165, 1.54) is 10.4 Å². The molecule has 3 aromatic rings. The number of aliphatic hydroxyl groups excluding tert-OH is 1. The number of anilines is 1. The molecule has 0 saturated carbocycles. The van der Waals surface area contributed by atoms with Crippen LogP contribution >= 0.6 is 11.6 Å². The van der Waals surface area contributed by atoms with E-state index in [0.717, 1.165) is 11.1 Å². The molecule has 0 spiro atoms. The molecule has 4 nitrogen and oxygen atoms in total. The van der Waals surface area contributed by atoms with Crippen LogP contribution < -0.4 is 4.31 Å². The van der Waals surface area contributed by atoms with E-state index < -0.39 is 28.0 Å². The van der Waals surface area contributed by atoms with Crippen LogP contribution in [0.25, 0.3) is 11.6 Å². The predicted octanol–water partition coefficient (Wildman–Crippen LogP) is 5.85. The Morgan fingerprint density at radius 3 is 2.58 bits per heavy atom. The molecule has 0 bridgehead atoms. The monoisotopic (exact) mass is 485 g/mol. The van der Waals surface area contributed by atoms with E-state index >= 15 is 0 Å². The number of nitrogens with zero attached hydrogens (tertiary/aromatic N) is 1.